The molecule has 5 heteroatoms. The number of allylic oxidation sites excluding steroid dienone is 2. The standard InChI is InChI=1S/C21H19Cl2NO2/c1-11-12(21(25)26-2)9-10-15-13-5-3-6-14(13)20(24-19(11)15)16-7-4-8-17(22)18(16)23/h3-5,7-10,13-14,20,24H,6H2,1-2H3/t13-,14-,20+/m1/s1. The summed E-state index contributed by atoms with van der Waals surface area (Å²) < 4.78 is 4.92. The monoisotopic (exact) mass is 387 g/mol. The Kier molecular flexibility index (Phi) is 4.45. The number of anilines is 1. The van der Waals surface area contributed by atoms with Gasteiger partial charge in [-0.2, -0.15) is 0 Å². The van der Waals surface area contributed by atoms with Crippen molar-refractivity contribution in [2.75, 3.05) is 12.4 Å². The number of hydrogen-bond acceptors (Lipinski definition) is 3. The van der Waals surface area contributed by atoms with Crippen molar-refractivity contribution >= 4 is 34.9 Å². The summed E-state index contributed by atoms with van der Waals surface area (Å²) in [4.78, 5) is 12.1. The molecule has 1 aliphatic carbocycles. The third-order valence-corrected chi connectivity index (χ3v) is 6.35. The predicted octanol–water partition coefficient (Wildman–Crippen LogP) is 5.91. The highest BCUT2D eigenvalue weighted by atomic mass is 35.5. The second kappa shape index (κ2) is 6.64. The maximum Gasteiger partial charge on any atom is 0.338 e. The summed E-state index contributed by atoms with van der Waals surface area (Å²) in [5.41, 5.74) is 4.67. The quantitative estimate of drug-likeness (QED) is 0.513. The molecule has 0 saturated carbocycles. The number of ether oxygens (including phenoxy) is 1. The number of rotatable bonds is 2. The second-order valence-electron chi connectivity index (χ2n) is 6.81. The number of methoxy groups -OCH3 is 1. The molecule has 0 unspecified atom stereocenters. The Morgan fingerprint density at radius 1 is 1.19 bits per heavy atom. The normalized spacial score (nSPS) is 23.2. The van der Waals surface area contributed by atoms with Gasteiger partial charge in [0.15, 0.2) is 0 Å². The Hall–Kier alpha value is -1.97. The first-order valence-corrected chi connectivity index (χ1v) is 9.37. The van der Waals surface area contributed by atoms with Crippen LogP contribution in [0.2, 0.25) is 10.0 Å². The van der Waals surface area contributed by atoms with Gasteiger partial charge in [-0.05, 0) is 48.1 Å². The van der Waals surface area contributed by atoms with Crippen molar-refractivity contribution in [3.05, 3.63) is 74.8 Å². The van der Waals surface area contributed by atoms with Gasteiger partial charge in [-0.25, -0.2) is 4.79 Å². The number of carbonyl (C=O) groups excluding carboxylic acids is 1. The Morgan fingerprint density at radius 2 is 2.00 bits per heavy atom. The van der Waals surface area contributed by atoms with E-state index in [2.05, 4.69) is 17.5 Å². The molecule has 0 fully saturated rings. The highest BCUT2D eigenvalue weighted by Crippen LogP contribution is 2.52. The lowest BCUT2D eigenvalue weighted by atomic mass is 9.76. The van der Waals surface area contributed by atoms with Gasteiger partial charge in [0.05, 0.1) is 28.8 Å². The molecule has 4 rings (SSSR count). The average molecular weight is 388 g/mol. The first-order chi connectivity index (χ1) is 12.5. The zero-order chi connectivity index (χ0) is 18.4. The number of fused-ring (bicyclic) bond motifs is 3. The number of nitrogens with one attached hydrogen (secondary N) is 1. The zero-order valence-corrected chi connectivity index (χ0v) is 16.1. The van der Waals surface area contributed by atoms with Crippen LogP contribution < -0.4 is 5.32 Å². The molecule has 3 atom stereocenters. The van der Waals surface area contributed by atoms with Gasteiger partial charge < -0.3 is 10.1 Å². The summed E-state index contributed by atoms with van der Waals surface area (Å²) in [6, 6.07) is 9.67. The van der Waals surface area contributed by atoms with Crippen LogP contribution in [0.25, 0.3) is 0 Å². The molecule has 134 valence electrons. The lowest BCUT2D eigenvalue weighted by molar-refractivity contribution is 0.0600. The molecule has 26 heavy (non-hydrogen) atoms. The fraction of sp³-hybridized carbons (Fsp3) is 0.286. The van der Waals surface area contributed by atoms with E-state index in [1.54, 1.807) is 6.07 Å². The van der Waals surface area contributed by atoms with Crippen LogP contribution in [0.15, 0.2) is 42.5 Å². The number of esters is 1. The van der Waals surface area contributed by atoms with E-state index in [0.717, 1.165) is 23.2 Å². The molecule has 3 nitrogen and oxygen atoms in total. The number of hydrogen-bond donors (Lipinski definition) is 1. The summed E-state index contributed by atoms with van der Waals surface area (Å²) in [5, 5.41) is 4.79. The van der Waals surface area contributed by atoms with Crippen molar-refractivity contribution in [1.29, 1.82) is 0 Å². The van der Waals surface area contributed by atoms with Crippen LogP contribution in [0, 0.1) is 12.8 Å². The molecule has 1 N–H and O–H groups in total. The lowest BCUT2D eigenvalue weighted by Crippen LogP contribution is -2.30. The van der Waals surface area contributed by atoms with E-state index >= 15 is 0 Å². The lowest BCUT2D eigenvalue weighted by Gasteiger charge is -2.39. The van der Waals surface area contributed by atoms with E-state index in [1.807, 2.05) is 31.2 Å². The van der Waals surface area contributed by atoms with Crippen LogP contribution in [0.3, 0.4) is 0 Å². The van der Waals surface area contributed by atoms with Crippen molar-refractivity contribution in [2.45, 2.75) is 25.3 Å². The van der Waals surface area contributed by atoms with E-state index in [9.17, 15) is 4.79 Å². The maximum absolute atomic E-state index is 12.1. The molecule has 0 radical (unpaired) electrons. The molecule has 2 aromatic rings. The van der Waals surface area contributed by atoms with Crippen molar-refractivity contribution in [3.8, 4) is 0 Å². The Labute approximate surface area is 163 Å². The summed E-state index contributed by atoms with van der Waals surface area (Å²) in [5.74, 6) is 0.326. The fourth-order valence-electron chi connectivity index (χ4n) is 4.21. The Morgan fingerprint density at radius 3 is 2.77 bits per heavy atom. The molecular formula is C21H19Cl2NO2. The Bertz CT molecular complexity index is 922. The molecule has 0 saturated heterocycles. The van der Waals surface area contributed by atoms with E-state index in [4.69, 9.17) is 27.9 Å². The van der Waals surface area contributed by atoms with Crippen molar-refractivity contribution < 1.29 is 9.53 Å². The van der Waals surface area contributed by atoms with E-state index < -0.39 is 0 Å². The average Bonchev–Trinajstić information content (AvgIpc) is 3.13. The smallest absolute Gasteiger partial charge is 0.338 e. The van der Waals surface area contributed by atoms with Gasteiger partial charge in [0.2, 0.25) is 0 Å². The van der Waals surface area contributed by atoms with E-state index in [-0.39, 0.29) is 17.9 Å². The first kappa shape index (κ1) is 17.4. The molecule has 0 spiro atoms. The van der Waals surface area contributed by atoms with Crippen LogP contribution in [-0.2, 0) is 4.74 Å². The third-order valence-electron chi connectivity index (χ3n) is 5.52. The van der Waals surface area contributed by atoms with Crippen LogP contribution in [-0.4, -0.2) is 13.1 Å². The van der Waals surface area contributed by atoms with Gasteiger partial charge in [0.1, 0.15) is 0 Å². The van der Waals surface area contributed by atoms with Gasteiger partial charge in [-0.15, -0.1) is 0 Å². The second-order valence-corrected chi connectivity index (χ2v) is 7.60. The van der Waals surface area contributed by atoms with Gasteiger partial charge in [0.25, 0.3) is 0 Å². The van der Waals surface area contributed by atoms with Crippen molar-refractivity contribution in [1.82, 2.24) is 0 Å². The van der Waals surface area contributed by atoms with Crippen LogP contribution in [0.4, 0.5) is 5.69 Å². The minimum Gasteiger partial charge on any atom is -0.465 e. The number of carbonyl (C=O) groups is 1. The highest BCUT2D eigenvalue weighted by molar-refractivity contribution is 6.42. The fourth-order valence-corrected chi connectivity index (χ4v) is 4.64. The molecule has 1 heterocycles. The van der Waals surface area contributed by atoms with Crippen LogP contribution in [0.5, 0.6) is 0 Å². The van der Waals surface area contributed by atoms with Crippen LogP contribution in [0.1, 0.15) is 45.4 Å². The summed E-state index contributed by atoms with van der Waals surface area (Å²) in [6.07, 6.45) is 5.45. The first-order valence-electron chi connectivity index (χ1n) is 8.62. The summed E-state index contributed by atoms with van der Waals surface area (Å²) >= 11 is 12.8. The summed E-state index contributed by atoms with van der Waals surface area (Å²) in [6.45, 7) is 1.95. The molecule has 2 aliphatic rings. The third kappa shape index (κ3) is 2.62. The number of halogens is 2. The van der Waals surface area contributed by atoms with Crippen molar-refractivity contribution in [2.24, 2.45) is 5.92 Å². The van der Waals surface area contributed by atoms with Gasteiger partial charge in [0, 0.05) is 11.6 Å². The predicted molar refractivity (Wildman–Crippen MR) is 105 cm³/mol. The molecule has 1 aliphatic heterocycles. The molecule has 0 bridgehead atoms. The van der Waals surface area contributed by atoms with Gasteiger partial charge >= 0.3 is 5.97 Å². The molecule has 0 aromatic heterocycles. The SMILES string of the molecule is COC(=O)c1ccc2c(c1C)N[C@H](c1cccc(Cl)c1Cl)[C@@H]1CC=C[C@@H]21. The largest absolute Gasteiger partial charge is 0.465 e. The van der Waals surface area contributed by atoms with Crippen LogP contribution >= 0.6 is 23.2 Å². The topological polar surface area (TPSA) is 38.3 Å². The Balaban J connectivity index is 1.85. The molecule has 0 amide bonds. The number of benzene rings is 2. The minimum absolute atomic E-state index is 0.0281. The minimum atomic E-state index is -0.325. The molecule has 2 aromatic carbocycles. The summed E-state index contributed by atoms with van der Waals surface area (Å²) in [7, 11) is 1.40. The van der Waals surface area contributed by atoms with Crippen molar-refractivity contribution in [3.63, 3.8) is 0 Å². The van der Waals surface area contributed by atoms with Gasteiger partial charge in [-0.3, -0.25) is 0 Å². The molecular weight excluding hydrogens is 369 g/mol. The maximum atomic E-state index is 12.1. The van der Waals surface area contributed by atoms with E-state index in [0.29, 0.717) is 21.5 Å². The zero-order valence-electron chi connectivity index (χ0n) is 14.6. The highest BCUT2D eigenvalue weighted by Gasteiger charge is 2.39. The van der Waals surface area contributed by atoms with E-state index in [1.165, 1.54) is 12.7 Å². The van der Waals surface area contributed by atoms with Gasteiger partial charge in [-0.1, -0.05) is 53.6 Å².